The van der Waals surface area contributed by atoms with Crippen molar-refractivity contribution >= 4 is 5.91 Å². The highest BCUT2D eigenvalue weighted by Crippen LogP contribution is 2.18. The smallest absolute Gasteiger partial charge is 0.257 e. The second-order valence-corrected chi connectivity index (χ2v) is 5.96. The predicted molar refractivity (Wildman–Crippen MR) is 92.4 cm³/mol. The van der Waals surface area contributed by atoms with Crippen molar-refractivity contribution in [1.82, 2.24) is 19.6 Å². The van der Waals surface area contributed by atoms with Crippen LogP contribution in [-0.2, 0) is 6.42 Å². The number of benzene rings is 1. The molecule has 0 aliphatic carbocycles. The molecule has 1 N–H and O–H groups in total. The molecule has 1 aromatic carbocycles. The molecule has 1 amide bonds. The maximum atomic E-state index is 12.9. The maximum absolute atomic E-state index is 12.9. The minimum Gasteiger partial charge on any atom is -0.395 e. The molecule has 0 radical (unpaired) electrons. The van der Waals surface area contributed by atoms with Gasteiger partial charge < -0.3 is 10.0 Å². The predicted octanol–water partition coefficient (Wildman–Crippen LogP) is 1.18. The topological polar surface area (TPSA) is 61.6 Å². The van der Waals surface area contributed by atoms with Crippen molar-refractivity contribution in [3.8, 4) is 5.69 Å². The highest BCUT2D eigenvalue weighted by atomic mass is 16.3. The monoisotopic (exact) mass is 328 g/mol. The van der Waals surface area contributed by atoms with Crippen LogP contribution in [0, 0.1) is 0 Å². The molecular weight excluding hydrogens is 304 g/mol. The number of rotatable bonds is 5. The van der Waals surface area contributed by atoms with Gasteiger partial charge in [0.05, 0.1) is 29.7 Å². The number of aromatic nitrogens is 2. The number of carbonyl (C=O) groups is 1. The summed E-state index contributed by atoms with van der Waals surface area (Å²) in [6, 6.07) is 9.90. The van der Waals surface area contributed by atoms with Crippen LogP contribution in [0.15, 0.2) is 36.5 Å². The molecule has 0 spiro atoms. The molecular formula is C18H24N4O2. The Labute approximate surface area is 142 Å². The molecule has 0 bridgehead atoms. The molecule has 1 aromatic heterocycles. The highest BCUT2D eigenvalue weighted by molar-refractivity contribution is 5.95. The van der Waals surface area contributed by atoms with E-state index in [-0.39, 0.29) is 12.5 Å². The van der Waals surface area contributed by atoms with Crippen molar-refractivity contribution in [3.63, 3.8) is 0 Å². The van der Waals surface area contributed by atoms with Crippen LogP contribution in [0.25, 0.3) is 5.69 Å². The van der Waals surface area contributed by atoms with E-state index in [0.29, 0.717) is 25.2 Å². The van der Waals surface area contributed by atoms with Crippen molar-refractivity contribution < 1.29 is 9.90 Å². The van der Waals surface area contributed by atoms with Gasteiger partial charge in [-0.1, -0.05) is 25.1 Å². The first-order valence-corrected chi connectivity index (χ1v) is 8.49. The Kier molecular flexibility index (Phi) is 5.27. The average Bonchev–Trinajstić information content (AvgIpc) is 3.07. The molecule has 1 fully saturated rings. The van der Waals surface area contributed by atoms with E-state index in [0.717, 1.165) is 30.9 Å². The van der Waals surface area contributed by atoms with E-state index < -0.39 is 0 Å². The molecule has 24 heavy (non-hydrogen) atoms. The zero-order chi connectivity index (χ0) is 16.9. The van der Waals surface area contributed by atoms with Crippen molar-refractivity contribution in [1.29, 1.82) is 0 Å². The third kappa shape index (κ3) is 3.34. The summed E-state index contributed by atoms with van der Waals surface area (Å²) in [5.74, 6) is 0.0534. The minimum absolute atomic E-state index is 0.0534. The van der Waals surface area contributed by atoms with Gasteiger partial charge in [0, 0.05) is 32.7 Å². The third-order valence-electron chi connectivity index (χ3n) is 4.51. The Hall–Kier alpha value is -2.18. The number of piperazine rings is 1. The van der Waals surface area contributed by atoms with E-state index >= 15 is 0 Å². The zero-order valence-electron chi connectivity index (χ0n) is 14.1. The van der Waals surface area contributed by atoms with E-state index in [4.69, 9.17) is 5.11 Å². The SMILES string of the molecule is CCc1c(C(=O)N2CCN(CCO)CC2)cnn1-c1ccccc1. The fraction of sp³-hybridized carbons (Fsp3) is 0.444. The average molecular weight is 328 g/mol. The lowest BCUT2D eigenvalue weighted by molar-refractivity contribution is 0.0614. The Morgan fingerprint density at radius 3 is 2.50 bits per heavy atom. The molecule has 1 aliphatic heterocycles. The van der Waals surface area contributed by atoms with Gasteiger partial charge in [0.15, 0.2) is 0 Å². The summed E-state index contributed by atoms with van der Waals surface area (Å²) in [6.45, 7) is 5.89. The summed E-state index contributed by atoms with van der Waals surface area (Å²) >= 11 is 0. The van der Waals surface area contributed by atoms with Crippen LogP contribution in [0.2, 0.25) is 0 Å². The second-order valence-electron chi connectivity index (χ2n) is 5.96. The normalized spacial score (nSPS) is 15.7. The van der Waals surface area contributed by atoms with Gasteiger partial charge in [-0.3, -0.25) is 9.69 Å². The van der Waals surface area contributed by atoms with Gasteiger partial charge in [-0.25, -0.2) is 4.68 Å². The van der Waals surface area contributed by atoms with E-state index in [1.165, 1.54) is 0 Å². The summed E-state index contributed by atoms with van der Waals surface area (Å²) in [7, 11) is 0. The number of β-amino-alcohol motifs (C(OH)–C–C–N with tert-alkyl or cyclic N) is 1. The Balaban J connectivity index is 1.78. The molecule has 3 rings (SSSR count). The number of carbonyl (C=O) groups excluding carboxylic acids is 1. The molecule has 2 heterocycles. The van der Waals surface area contributed by atoms with Gasteiger partial charge in [0.2, 0.25) is 0 Å². The van der Waals surface area contributed by atoms with Gasteiger partial charge in [0.1, 0.15) is 0 Å². The van der Waals surface area contributed by atoms with Crippen LogP contribution < -0.4 is 0 Å². The molecule has 6 nitrogen and oxygen atoms in total. The molecule has 0 atom stereocenters. The largest absolute Gasteiger partial charge is 0.395 e. The molecule has 6 heteroatoms. The summed E-state index contributed by atoms with van der Waals surface area (Å²) in [6.07, 6.45) is 2.44. The number of amides is 1. The number of hydrogen-bond acceptors (Lipinski definition) is 4. The van der Waals surface area contributed by atoms with Crippen LogP contribution in [0.5, 0.6) is 0 Å². The van der Waals surface area contributed by atoms with Crippen LogP contribution >= 0.6 is 0 Å². The standard InChI is InChI=1S/C18H24N4O2/c1-2-17-16(14-19-22(17)15-6-4-3-5-7-15)18(24)21-10-8-20(9-11-21)12-13-23/h3-7,14,23H,2,8-13H2,1H3. The van der Waals surface area contributed by atoms with Crippen molar-refractivity contribution in [2.45, 2.75) is 13.3 Å². The minimum atomic E-state index is 0.0534. The first kappa shape index (κ1) is 16.7. The third-order valence-corrected chi connectivity index (χ3v) is 4.51. The van der Waals surface area contributed by atoms with E-state index in [2.05, 4.69) is 10.00 Å². The number of nitrogens with zero attached hydrogens (tertiary/aromatic N) is 4. The van der Waals surface area contributed by atoms with E-state index in [1.807, 2.05) is 46.8 Å². The fourth-order valence-electron chi connectivity index (χ4n) is 3.17. The van der Waals surface area contributed by atoms with E-state index in [9.17, 15) is 4.79 Å². The van der Waals surface area contributed by atoms with Crippen molar-refractivity contribution in [2.75, 3.05) is 39.3 Å². The van der Waals surface area contributed by atoms with Gasteiger partial charge in [-0.2, -0.15) is 5.10 Å². The van der Waals surface area contributed by atoms with Gasteiger partial charge in [0.25, 0.3) is 5.91 Å². The summed E-state index contributed by atoms with van der Waals surface area (Å²) in [5, 5.41) is 13.5. The lowest BCUT2D eigenvalue weighted by atomic mass is 10.1. The van der Waals surface area contributed by atoms with Crippen LogP contribution in [0.3, 0.4) is 0 Å². The van der Waals surface area contributed by atoms with Gasteiger partial charge in [-0.15, -0.1) is 0 Å². The Morgan fingerprint density at radius 2 is 1.88 bits per heavy atom. The molecule has 0 saturated carbocycles. The Bertz CT molecular complexity index is 676. The van der Waals surface area contributed by atoms with E-state index in [1.54, 1.807) is 6.20 Å². The first-order valence-electron chi connectivity index (χ1n) is 8.49. The fourth-order valence-corrected chi connectivity index (χ4v) is 3.17. The molecule has 0 unspecified atom stereocenters. The highest BCUT2D eigenvalue weighted by Gasteiger charge is 2.25. The Morgan fingerprint density at radius 1 is 1.17 bits per heavy atom. The molecule has 1 aliphatic rings. The molecule has 1 saturated heterocycles. The lowest BCUT2D eigenvalue weighted by Gasteiger charge is -2.34. The summed E-state index contributed by atoms with van der Waals surface area (Å²) in [4.78, 5) is 17.0. The first-order chi connectivity index (χ1) is 11.7. The summed E-state index contributed by atoms with van der Waals surface area (Å²) < 4.78 is 1.86. The molecule has 2 aromatic rings. The van der Waals surface area contributed by atoms with Crippen molar-refractivity contribution in [3.05, 3.63) is 47.8 Å². The zero-order valence-corrected chi connectivity index (χ0v) is 14.1. The number of hydrogen-bond donors (Lipinski definition) is 1. The second kappa shape index (κ2) is 7.59. The molecule has 128 valence electrons. The number of aliphatic hydroxyl groups excluding tert-OH is 1. The van der Waals surface area contributed by atoms with Crippen molar-refractivity contribution in [2.24, 2.45) is 0 Å². The van der Waals surface area contributed by atoms with Crippen LogP contribution in [0.1, 0.15) is 23.0 Å². The number of aliphatic hydroxyl groups is 1. The van der Waals surface area contributed by atoms with Gasteiger partial charge >= 0.3 is 0 Å². The quantitative estimate of drug-likeness (QED) is 0.895. The van der Waals surface area contributed by atoms with Crippen LogP contribution in [-0.4, -0.2) is 69.9 Å². The number of para-hydroxylation sites is 1. The maximum Gasteiger partial charge on any atom is 0.257 e. The van der Waals surface area contributed by atoms with Crippen LogP contribution in [0.4, 0.5) is 0 Å². The van der Waals surface area contributed by atoms with Gasteiger partial charge in [-0.05, 0) is 18.6 Å². The lowest BCUT2D eigenvalue weighted by Crippen LogP contribution is -2.49. The summed E-state index contributed by atoms with van der Waals surface area (Å²) in [5.41, 5.74) is 2.61.